The lowest BCUT2D eigenvalue weighted by Gasteiger charge is -1.94. The fraction of sp³-hybridized carbons (Fsp3) is 0.231. The Balaban J connectivity index is 1.77. The van der Waals surface area contributed by atoms with E-state index in [0.717, 1.165) is 15.7 Å². The Kier molecular flexibility index (Phi) is 3.79. The van der Waals surface area contributed by atoms with Gasteiger partial charge in [0, 0.05) is 23.2 Å². The summed E-state index contributed by atoms with van der Waals surface area (Å²) in [4.78, 5) is 4.43. The third-order valence-electron chi connectivity index (χ3n) is 2.54. The maximum absolute atomic E-state index is 5.62. The number of rotatable bonds is 4. The standard InChI is InChI=1S/C13H12N4OS2/c1-8(2)10-14-13(20-17-10)19-12-16-15-11(18-12)9-6-4-3-5-7-9/h3-8H,1-2H3. The zero-order chi connectivity index (χ0) is 13.9. The van der Waals surface area contributed by atoms with E-state index in [4.69, 9.17) is 4.42 Å². The topological polar surface area (TPSA) is 64.7 Å². The SMILES string of the molecule is CC(C)c1nsc(Sc2nnc(-c3ccccc3)o2)n1. The number of hydrogen-bond donors (Lipinski definition) is 0. The molecule has 0 saturated carbocycles. The molecule has 0 saturated heterocycles. The molecular weight excluding hydrogens is 292 g/mol. The van der Waals surface area contributed by atoms with Crippen LogP contribution in [0.3, 0.4) is 0 Å². The molecule has 0 aliphatic heterocycles. The van der Waals surface area contributed by atoms with Crippen molar-refractivity contribution in [3.05, 3.63) is 36.2 Å². The van der Waals surface area contributed by atoms with Crippen LogP contribution >= 0.6 is 23.3 Å². The van der Waals surface area contributed by atoms with Crippen LogP contribution in [-0.4, -0.2) is 19.6 Å². The van der Waals surface area contributed by atoms with Gasteiger partial charge in [0.2, 0.25) is 5.89 Å². The van der Waals surface area contributed by atoms with Gasteiger partial charge in [-0.3, -0.25) is 0 Å². The van der Waals surface area contributed by atoms with Crippen molar-refractivity contribution < 1.29 is 4.42 Å². The van der Waals surface area contributed by atoms with Gasteiger partial charge in [0.1, 0.15) is 5.82 Å². The quantitative estimate of drug-likeness (QED) is 0.729. The molecule has 0 bridgehead atoms. The summed E-state index contributed by atoms with van der Waals surface area (Å²) in [6, 6.07) is 9.69. The first-order chi connectivity index (χ1) is 9.72. The van der Waals surface area contributed by atoms with Gasteiger partial charge >= 0.3 is 0 Å². The van der Waals surface area contributed by atoms with Crippen LogP contribution in [0.2, 0.25) is 0 Å². The molecule has 0 aliphatic carbocycles. The van der Waals surface area contributed by atoms with Gasteiger partial charge in [0.05, 0.1) is 0 Å². The summed E-state index contributed by atoms with van der Waals surface area (Å²) in [5.74, 6) is 1.69. The van der Waals surface area contributed by atoms with E-state index < -0.39 is 0 Å². The summed E-state index contributed by atoms with van der Waals surface area (Å²) >= 11 is 2.70. The third-order valence-corrected chi connectivity index (χ3v) is 4.15. The molecule has 102 valence electrons. The van der Waals surface area contributed by atoms with Gasteiger partial charge in [-0.2, -0.15) is 4.37 Å². The minimum atomic E-state index is 0.322. The molecule has 0 N–H and O–H groups in total. The van der Waals surface area contributed by atoms with Gasteiger partial charge in [0.15, 0.2) is 4.34 Å². The average Bonchev–Trinajstić information content (AvgIpc) is 3.10. The Morgan fingerprint density at radius 1 is 1.15 bits per heavy atom. The van der Waals surface area contributed by atoms with Crippen molar-refractivity contribution in [2.24, 2.45) is 0 Å². The van der Waals surface area contributed by atoms with Gasteiger partial charge in [-0.15, -0.1) is 10.2 Å². The van der Waals surface area contributed by atoms with Crippen LogP contribution in [0, 0.1) is 0 Å². The highest BCUT2D eigenvalue weighted by Gasteiger charge is 2.13. The Hall–Kier alpha value is -1.73. The van der Waals surface area contributed by atoms with Crippen molar-refractivity contribution >= 4 is 23.3 Å². The molecule has 7 heteroatoms. The first-order valence-corrected chi connectivity index (χ1v) is 7.72. The van der Waals surface area contributed by atoms with Crippen molar-refractivity contribution in [1.29, 1.82) is 0 Å². The van der Waals surface area contributed by atoms with E-state index in [1.54, 1.807) is 0 Å². The predicted molar refractivity (Wildman–Crippen MR) is 77.9 cm³/mol. The lowest BCUT2D eigenvalue weighted by Crippen LogP contribution is -1.88. The van der Waals surface area contributed by atoms with E-state index in [9.17, 15) is 0 Å². The number of hydrogen-bond acceptors (Lipinski definition) is 7. The summed E-state index contributed by atoms with van der Waals surface area (Å²) in [7, 11) is 0. The molecular formula is C13H12N4OS2. The van der Waals surface area contributed by atoms with Crippen LogP contribution in [-0.2, 0) is 0 Å². The molecule has 5 nitrogen and oxygen atoms in total. The molecule has 1 aromatic carbocycles. The van der Waals surface area contributed by atoms with Gasteiger partial charge < -0.3 is 4.42 Å². The summed E-state index contributed by atoms with van der Waals surface area (Å²) in [5, 5.41) is 8.55. The monoisotopic (exact) mass is 304 g/mol. The van der Waals surface area contributed by atoms with Crippen molar-refractivity contribution in [2.75, 3.05) is 0 Å². The van der Waals surface area contributed by atoms with E-state index in [1.165, 1.54) is 23.3 Å². The second-order valence-electron chi connectivity index (χ2n) is 4.41. The van der Waals surface area contributed by atoms with Gasteiger partial charge in [-0.1, -0.05) is 32.0 Å². The largest absolute Gasteiger partial charge is 0.411 e. The van der Waals surface area contributed by atoms with Crippen LogP contribution in [0.25, 0.3) is 11.5 Å². The van der Waals surface area contributed by atoms with Gasteiger partial charge in [-0.25, -0.2) is 4.98 Å². The normalized spacial score (nSPS) is 11.2. The molecule has 20 heavy (non-hydrogen) atoms. The predicted octanol–water partition coefficient (Wildman–Crippen LogP) is 3.86. The fourth-order valence-electron chi connectivity index (χ4n) is 1.52. The first kappa shape index (κ1) is 13.3. The maximum atomic E-state index is 5.62. The Bertz CT molecular complexity index is 693. The highest BCUT2D eigenvalue weighted by atomic mass is 32.2. The van der Waals surface area contributed by atoms with E-state index in [-0.39, 0.29) is 0 Å². The second-order valence-corrected chi connectivity index (χ2v) is 6.36. The summed E-state index contributed by atoms with van der Waals surface area (Å²) in [5.41, 5.74) is 0.909. The highest BCUT2D eigenvalue weighted by molar-refractivity contribution is 8.00. The fourth-order valence-corrected chi connectivity index (χ4v) is 3.04. The molecule has 0 unspecified atom stereocenters. The molecule has 2 heterocycles. The van der Waals surface area contributed by atoms with Crippen molar-refractivity contribution in [2.45, 2.75) is 29.3 Å². The highest BCUT2D eigenvalue weighted by Crippen LogP contribution is 2.31. The lowest BCUT2D eigenvalue weighted by molar-refractivity contribution is 0.466. The maximum Gasteiger partial charge on any atom is 0.284 e. The molecule has 0 amide bonds. The number of aromatic nitrogens is 4. The zero-order valence-electron chi connectivity index (χ0n) is 11.0. The van der Waals surface area contributed by atoms with Crippen molar-refractivity contribution in [3.63, 3.8) is 0 Å². The summed E-state index contributed by atoms with van der Waals surface area (Å²) in [6.45, 7) is 4.13. The molecule has 0 radical (unpaired) electrons. The Labute approximate surface area is 124 Å². The Morgan fingerprint density at radius 2 is 1.95 bits per heavy atom. The molecule has 0 fully saturated rings. The first-order valence-electron chi connectivity index (χ1n) is 6.13. The van der Waals surface area contributed by atoms with Crippen LogP contribution in [0.4, 0.5) is 0 Å². The summed E-state index contributed by atoms with van der Waals surface area (Å²) in [6.07, 6.45) is 0. The molecule has 0 aliphatic rings. The Morgan fingerprint density at radius 3 is 2.65 bits per heavy atom. The average molecular weight is 304 g/mol. The summed E-state index contributed by atoms with van der Waals surface area (Å²) < 4.78 is 10.7. The van der Waals surface area contributed by atoms with Gasteiger partial charge in [0.25, 0.3) is 5.22 Å². The van der Waals surface area contributed by atoms with E-state index in [1.807, 2.05) is 30.3 Å². The lowest BCUT2D eigenvalue weighted by atomic mass is 10.2. The molecule has 2 aromatic heterocycles. The third kappa shape index (κ3) is 2.88. The van der Waals surface area contributed by atoms with Crippen LogP contribution in [0.5, 0.6) is 0 Å². The number of benzene rings is 1. The minimum absolute atomic E-state index is 0.322. The molecule has 0 spiro atoms. The smallest absolute Gasteiger partial charge is 0.284 e. The van der Waals surface area contributed by atoms with Crippen molar-refractivity contribution in [1.82, 2.24) is 19.6 Å². The van der Waals surface area contributed by atoms with E-state index in [2.05, 4.69) is 33.4 Å². The van der Waals surface area contributed by atoms with Crippen LogP contribution < -0.4 is 0 Å². The molecule has 0 atom stereocenters. The molecule has 3 rings (SSSR count). The second kappa shape index (κ2) is 5.72. The van der Waals surface area contributed by atoms with Crippen LogP contribution in [0.15, 0.2) is 44.3 Å². The zero-order valence-corrected chi connectivity index (χ0v) is 12.6. The number of nitrogens with zero attached hydrogens (tertiary/aromatic N) is 4. The van der Waals surface area contributed by atoms with Crippen molar-refractivity contribution in [3.8, 4) is 11.5 Å². The van der Waals surface area contributed by atoms with Gasteiger partial charge in [-0.05, 0) is 23.7 Å². The molecule has 3 aromatic rings. The minimum Gasteiger partial charge on any atom is -0.411 e. The van der Waals surface area contributed by atoms with Crippen LogP contribution in [0.1, 0.15) is 25.6 Å². The van der Waals surface area contributed by atoms with E-state index in [0.29, 0.717) is 17.0 Å². The van der Waals surface area contributed by atoms with E-state index >= 15 is 0 Å².